The molecule has 1 aliphatic heterocycles. The van der Waals surface area contributed by atoms with E-state index in [0.717, 1.165) is 24.2 Å². The summed E-state index contributed by atoms with van der Waals surface area (Å²) >= 11 is 0. The summed E-state index contributed by atoms with van der Waals surface area (Å²) < 4.78 is 0. The SMILES string of the molecule is CCc1nc(C2CC3CC3N2)[nH]c1C. The van der Waals surface area contributed by atoms with Crippen LogP contribution < -0.4 is 5.32 Å². The number of hydrogen-bond donors (Lipinski definition) is 2. The second-order valence-corrected chi connectivity index (χ2v) is 4.60. The Hall–Kier alpha value is -0.830. The zero-order valence-electron chi connectivity index (χ0n) is 8.80. The Bertz CT molecular complexity index is 345. The van der Waals surface area contributed by atoms with Crippen LogP contribution in [0.4, 0.5) is 0 Å². The van der Waals surface area contributed by atoms with Crippen molar-refractivity contribution >= 4 is 0 Å². The number of aromatic nitrogens is 2. The lowest BCUT2D eigenvalue weighted by atomic mass is 10.2. The minimum atomic E-state index is 0.498. The van der Waals surface area contributed by atoms with Crippen LogP contribution in [0.15, 0.2) is 0 Å². The maximum absolute atomic E-state index is 4.65. The Morgan fingerprint density at radius 1 is 1.43 bits per heavy atom. The van der Waals surface area contributed by atoms with Gasteiger partial charge in [-0.25, -0.2) is 4.98 Å². The molecule has 3 atom stereocenters. The van der Waals surface area contributed by atoms with E-state index in [-0.39, 0.29) is 0 Å². The number of nitrogens with zero attached hydrogens (tertiary/aromatic N) is 1. The average Bonchev–Trinajstić information content (AvgIpc) is 2.62. The summed E-state index contributed by atoms with van der Waals surface area (Å²) in [6.07, 6.45) is 3.69. The van der Waals surface area contributed by atoms with E-state index in [9.17, 15) is 0 Å². The van der Waals surface area contributed by atoms with Gasteiger partial charge in [-0.15, -0.1) is 0 Å². The number of fused-ring (bicyclic) bond motifs is 1. The van der Waals surface area contributed by atoms with Gasteiger partial charge in [-0.05, 0) is 32.1 Å². The van der Waals surface area contributed by atoms with Crippen LogP contribution in [0.1, 0.15) is 43.0 Å². The maximum atomic E-state index is 4.65. The van der Waals surface area contributed by atoms with E-state index >= 15 is 0 Å². The summed E-state index contributed by atoms with van der Waals surface area (Å²) in [6.45, 7) is 4.28. The van der Waals surface area contributed by atoms with Gasteiger partial charge in [-0.3, -0.25) is 0 Å². The first-order valence-electron chi connectivity index (χ1n) is 5.59. The van der Waals surface area contributed by atoms with Gasteiger partial charge in [-0.1, -0.05) is 6.92 Å². The summed E-state index contributed by atoms with van der Waals surface area (Å²) in [5.74, 6) is 2.10. The van der Waals surface area contributed by atoms with E-state index in [0.29, 0.717) is 6.04 Å². The van der Waals surface area contributed by atoms with Crippen LogP contribution in [0, 0.1) is 12.8 Å². The highest BCUT2D eigenvalue weighted by Gasteiger charge is 2.46. The number of rotatable bonds is 2. The fourth-order valence-electron chi connectivity index (χ4n) is 2.56. The average molecular weight is 191 g/mol. The smallest absolute Gasteiger partial charge is 0.123 e. The summed E-state index contributed by atoms with van der Waals surface area (Å²) in [5, 5.41) is 3.62. The van der Waals surface area contributed by atoms with Crippen LogP contribution in [-0.2, 0) is 6.42 Å². The lowest BCUT2D eigenvalue weighted by molar-refractivity contribution is 0.541. The Kier molecular flexibility index (Phi) is 1.71. The van der Waals surface area contributed by atoms with Crippen molar-refractivity contribution in [3.63, 3.8) is 0 Å². The molecule has 0 amide bonds. The highest BCUT2D eigenvalue weighted by atomic mass is 15.1. The highest BCUT2D eigenvalue weighted by Crippen LogP contribution is 2.45. The topological polar surface area (TPSA) is 40.7 Å². The van der Waals surface area contributed by atoms with Crippen molar-refractivity contribution in [2.45, 2.75) is 45.2 Å². The first-order chi connectivity index (χ1) is 6.78. The predicted octanol–water partition coefficient (Wildman–Crippen LogP) is 1.70. The first kappa shape index (κ1) is 8.48. The van der Waals surface area contributed by atoms with E-state index in [1.54, 1.807) is 0 Å². The minimum Gasteiger partial charge on any atom is -0.345 e. The number of imidazole rings is 1. The normalized spacial score (nSPS) is 34.6. The molecule has 3 unspecified atom stereocenters. The van der Waals surface area contributed by atoms with Crippen molar-refractivity contribution in [2.75, 3.05) is 0 Å². The van der Waals surface area contributed by atoms with Crippen LogP contribution in [0.2, 0.25) is 0 Å². The van der Waals surface area contributed by atoms with Gasteiger partial charge < -0.3 is 10.3 Å². The first-order valence-corrected chi connectivity index (χ1v) is 5.59. The van der Waals surface area contributed by atoms with Crippen molar-refractivity contribution in [2.24, 2.45) is 5.92 Å². The lowest BCUT2D eigenvalue weighted by Gasteiger charge is -2.08. The highest BCUT2D eigenvalue weighted by molar-refractivity contribution is 5.18. The second-order valence-electron chi connectivity index (χ2n) is 4.60. The van der Waals surface area contributed by atoms with Gasteiger partial charge in [0, 0.05) is 11.7 Å². The number of aromatic amines is 1. The molecule has 2 aliphatic rings. The molecule has 3 heteroatoms. The van der Waals surface area contributed by atoms with Crippen LogP contribution in [0.5, 0.6) is 0 Å². The largest absolute Gasteiger partial charge is 0.345 e. The Labute approximate surface area is 84.3 Å². The molecule has 0 radical (unpaired) electrons. The number of hydrogen-bond acceptors (Lipinski definition) is 2. The molecule has 2 N–H and O–H groups in total. The van der Waals surface area contributed by atoms with Crippen LogP contribution in [-0.4, -0.2) is 16.0 Å². The van der Waals surface area contributed by atoms with Gasteiger partial charge in [0.2, 0.25) is 0 Å². The molecule has 14 heavy (non-hydrogen) atoms. The molecule has 3 rings (SSSR count). The molecule has 76 valence electrons. The van der Waals surface area contributed by atoms with Crippen molar-refractivity contribution in [3.05, 3.63) is 17.2 Å². The maximum Gasteiger partial charge on any atom is 0.123 e. The molecule has 0 spiro atoms. The Morgan fingerprint density at radius 2 is 2.29 bits per heavy atom. The minimum absolute atomic E-state index is 0.498. The van der Waals surface area contributed by atoms with Gasteiger partial charge in [0.25, 0.3) is 0 Å². The van der Waals surface area contributed by atoms with Crippen LogP contribution >= 0.6 is 0 Å². The molecule has 2 fully saturated rings. The summed E-state index contributed by atoms with van der Waals surface area (Å²) in [7, 11) is 0. The molecule has 3 nitrogen and oxygen atoms in total. The molecular weight excluding hydrogens is 174 g/mol. The molecule has 1 saturated carbocycles. The number of piperidine rings is 1. The monoisotopic (exact) mass is 191 g/mol. The molecule has 1 aromatic rings. The van der Waals surface area contributed by atoms with Gasteiger partial charge in [-0.2, -0.15) is 0 Å². The third kappa shape index (κ3) is 1.19. The fourth-order valence-corrected chi connectivity index (χ4v) is 2.56. The number of H-pyrrole nitrogens is 1. The molecule has 0 bridgehead atoms. The van der Waals surface area contributed by atoms with Gasteiger partial charge >= 0.3 is 0 Å². The molecule has 0 aromatic carbocycles. The van der Waals surface area contributed by atoms with Crippen molar-refractivity contribution < 1.29 is 0 Å². The summed E-state index contributed by atoms with van der Waals surface area (Å²) in [5.41, 5.74) is 2.47. The van der Waals surface area contributed by atoms with Gasteiger partial charge in [0.05, 0.1) is 11.7 Å². The third-order valence-corrected chi connectivity index (χ3v) is 3.55. The van der Waals surface area contributed by atoms with Gasteiger partial charge in [0.1, 0.15) is 5.82 Å². The van der Waals surface area contributed by atoms with E-state index in [1.807, 2.05) is 0 Å². The lowest BCUT2D eigenvalue weighted by Crippen LogP contribution is -2.18. The molecule has 1 aromatic heterocycles. The van der Waals surface area contributed by atoms with Crippen LogP contribution in [0.25, 0.3) is 0 Å². The third-order valence-electron chi connectivity index (χ3n) is 3.55. The molecule has 2 heterocycles. The number of nitrogens with one attached hydrogen (secondary N) is 2. The summed E-state index contributed by atoms with van der Waals surface area (Å²) in [6, 6.07) is 1.30. The van der Waals surface area contributed by atoms with E-state index < -0.39 is 0 Å². The second kappa shape index (κ2) is 2.83. The molecule has 1 aliphatic carbocycles. The summed E-state index contributed by atoms with van der Waals surface area (Å²) in [4.78, 5) is 8.05. The Morgan fingerprint density at radius 3 is 2.86 bits per heavy atom. The van der Waals surface area contributed by atoms with Crippen molar-refractivity contribution in [1.82, 2.24) is 15.3 Å². The van der Waals surface area contributed by atoms with Gasteiger partial charge in [0.15, 0.2) is 0 Å². The Balaban J connectivity index is 1.82. The quantitative estimate of drug-likeness (QED) is 0.747. The van der Waals surface area contributed by atoms with E-state index in [2.05, 4.69) is 29.1 Å². The standard InChI is InChI=1S/C11H17N3/c1-3-8-6(2)12-11(14-8)10-5-7-4-9(7)13-10/h7,9-10,13H,3-5H2,1-2H3,(H,12,14). The fraction of sp³-hybridized carbons (Fsp3) is 0.727. The van der Waals surface area contributed by atoms with Crippen LogP contribution in [0.3, 0.4) is 0 Å². The molecular formula is C11H17N3. The number of aryl methyl sites for hydroxylation is 2. The molecule has 1 saturated heterocycles. The van der Waals surface area contributed by atoms with Crippen molar-refractivity contribution in [1.29, 1.82) is 0 Å². The predicted molar refractivity (Wildman–Crippen MR) is 55.1 cm³/mol. The zero-order valence-corrected chi connectivity index (χ0v) is 8.80. The van der Waals surface area contributed by atoms with Crippen molar-refractivity contribution in [3.8, 4) is 0 Å². The zero-order chi connectivity index (χ0) is 9.71. The van der Waals surface area contributed by atoms with E-state index in [1.165, 1.54) is 24.2 Å². The van der Waals surface area contributed by atoms with E-state index in [4.69, 9.17) is 0 Å².